The van der Waals surface area contributed by atoms with Crippen molar-refractivity contribution in [2.45, 2.75) is 113 Å². The van der Waals surface area contributed by atoms with Gasteiger partial charge in [0, 0.05) is 54.3 Å². The van der Waals surface area contributed by atoms with Crippen LogP contribution in [0.2, 0.25) is 0 Å². The standard InChI is InChI=1S/C39H55NO12S2/c1-3-48-30(44)12-9-23-17-24-13-15-49-32(24)34-33(23)51-36-39(47)31-25(8-11-28(42)27(31)19-41)18-37(46,35(39)45)38(52-36)21-54-53-20-26(40-14-16-50-34)10-7-22(2)5-4-6-29(38)43/h8,11,13,15,17,22,25-29,31,35-36,40-43,45-47H,3-7,9-10,12,14,16,18-21H2,1-2H3/t22-,25-,26+,27+,28+,29+,31-,35-,36+,37-,38+,39+/m0/s1. The zero-order valence-electron chi connectivity index (χ0n) is 30.9. The summed E-state index contributed by atoms with van der Waals surface area (Å²) in [6, 6.07) is 3.71. The van der Waals surface area contributed by atoms with Crippen LogP contribution in [0.3, 0.4) is 0 Å². The van der Waals surface area contributed by atoms with Crippen LogP contribution in [0.25, 0.3) is 11.0 Å². The van der Waals surface area contributed by atoms with Crippen LogP contribution in [0.15, 0.2) is 35.0 Å². The Hall–Kier alpha value is -2.05. The number of hydrogen-bond acceptors (Lipinski definition) is 15. The molecule has 3 aliphatic heterocycles. The van der Waals surface area contributed by atoms with Gasteiger partial charge in [0.25, 0.3) is 0 Å². The second kappa shape index (κ2) is 16.4. The van der Waals surface area contributed by atoms with E-state index in [1.807, 2.05) is 0 Å². The zero-order chi connectivity index (χ0) is 38.3. The lowest BCUT2D eigenvalue weighted by molar-refractivity contribution is -0.424. The molecule has 54 heavy (non-hydrogen) atoms. The summed E-state index contributed by atoms with van der Waals surface area (Å²) in [4.78, 5) is 12.7. The predicted molar refractivity (Wildman–Crippen MR) is 203 cm³/mol. The van der Waals surface area contributed by atoms with E-state index >= 15 is 0 Å². The minimum atomic E-state index is -2.43. The molecule has 4 heterocycles. The van der Waals surface area contributed by atoms with Gasteiger partial charge in [-0.15, -0.1) is 0 Å². The van der Waals surface area contributed by atoms with Crippen molar-refractivity contribution >= 4 is 38.5 Å². The van der Waals surface area contributed by atoms with Gasteiger partial charge >= 0.3 is 5.97 Å². The first-order valence-corrected chi connectivity index (χ1v) is 21.9. The summed E-state index contributed by atoms with van der Waals surface area (Å²) in [6.07, 6.45) is 2.32. The molecule has 0 unspecified atom stereocenters. The van der Waals surface area contributed by atoms with Crippen LogP contribution in [0.1, 0.15) is 64.4 Å². The van der Waals surface area contributed by atoms with Gasteiger partial charge in [-0.1, -0.05) is 53.5 Å². The molecule has 2 aliphatic carbocycles. The van der Waals surface area contributed by atoms with Gasteiger partial charge in [0.1, 0.15) is 23.9 Å². The van der Waals surface area contributed by atoms with E-state index in [0.29, 0.717) is 35.4 Å². The van der Waals surface area contributed by atoms with Crippen LogP contribution in [0, 0.1) is 23.7 Å². The lowest BCUT2D eigenvalue weighted by atomic mass is 9.50. The highest BCUT2D eigenvalue weighted by molar-refractivity contribution is 8.76. The van der Waals surface area contributed by atoms with Gasteiger partial charge < -0.3 is 59.3 Å². The topological polar surface area (TPSA) is 201 Å². The summed E-state index contributed by atoms with van der Waals surface area (Å²) >= 11 is 0. The highest BCUT2D eigenvalue weighted by Crippen LogP contribution is 2.61. The predicted octanol–water partition coefficient (Wildman–Crippen LogP) is 3.09. The fourth-order valence-corrected chi connectivity index (χ4v) is 12.5. The van der Waals surface area contributed by atoms with E-state index in [9.17, 15) is 35.4 Å². The number of aryl methyl sites for hydroxylation is 1. The maximum atomic E-state index is 13.1. The molecule has 5 bridgehead atoms. The van der Waals surface area contributed by atoms with Crippen LogP contribution in [0.4, 0.5) is 0 Å². The normalized spacial score (nSPS) is 40.2. The van der Waals surface area contributed by atoms with Crippen molar-refractivity contribution in [1.82, 2.24) is 5.32 Å². The number of carbonyl (C=O) groups is 1. The van der Waals surface area contributed by atoms with E-state index in [0.717, 1.165) is 25.0 Å². The number of carbonyl (C=O) groups excluding carboxylic acids is 1. The van der Waals surface area contributed by atoms with Crippen molar-refractivity contribution < 1.29 is 58.8 Å². The number of nitrogens with one attached hydrogen (secondary N) is 1. The molecule has 1 saturated carbocycles. The van der Waals surface area contributed by atoms with E-state index in [1.165, 1.54) is 17.1 Å². The van der Waals surface area contributed by atoms with Crippen molar-refractivity contribution in [3.8, 4) is 11.5 Å². The van der Waals surface area contributed by atoms with Crippen LogP contribution in [0.5, 0.6) is 11.5 Å². The molecule has 5 aliphatic rings. The Morgan fingerprint density at radius 1 is 1.09 bits per heavy atom. The molecule has 0 radical (unpaired) electrons. The maximum Gasteiger partial charge on any atom is 0.306 e. The highest BCUT2D eigenvalue weighted by Gasteiger charge is 2.78. The monoisotopic (exact) mass is 793 g/mol. The Morgan fingerprint density at radius 3 is 2.72 bits per heavy atom. The van der Waals surface area contributed by atoms with Crippen LogP contribution < -0.4 is 14.8 Å². The molecule has 12 atom stereocenters. The van der Waals surface area contributed by atoms with Crippen molar-refractivity contribution in [3.05, 3.63) is 36.1 Å². The Bertz CT molecular complexity index is 1660. The lowest BCUT2D eigenvalue weighted by Crippen LogP contribution is -2.86. The Morgan fingerprint density at radius 2 is 1.93 bits per heavy atom. The molecule has 7 N–H and O–H groups in total. The molecule has 13 nitrogen and oxygen atoms in total. The third kappa shape index (κ3) is 7.09. The zero-order valence-corrected chi connectivity index (χ0v) is 32.6. The van der Waals surface area contributed by atoms with E-state index in [2.05, 4.69) is 12.2 Å². The molecule has 15 heteroatoms. The van der Waals surface area contributed by atoms with Gasteiger partial charge in [-0.25, -0.2) is 0 Å². The van der Waals surface area contributed by atoms with Crippen molar-refractivity contribution in [3.63, 3.8) is 0 Å². The Kier molecular flexibility index (Phi) is 12.2. The van der Waals surface area contributed by atoms with Gasteiger partial charge in [0.05, 0.1) is 25.1 Å². The number of aliphatic hydroxyl groups is 6. The number of fused-ring (bicyclic) bond motifs is 13. The molecule has 1 aromatic carbocycles. The largest absolute Gasteiger partial charge is 0.485 e. The van der Waals surface area contributed by atoms with Crippen LogP contribution >= 0.6 is 21.6 Å². The molecule has 1 aromatic heterocycles. The fraction of sp³-hybridized carbons (Fsp3) is 0.718. The summed E-state index contributed by atoms with van der Waals surface area (Å²) in [6.45, 7) is 4.33. The first kappa shape index (κ1) is 40.2. The second-order valence-electron chi connectivity index (χ2n) is 15.8. The highest BCUT2D eigenvalue weighted by atomic mass is 33.1. The molecule has 3 fully saturated rings. The smallest absolute Gasteiger partial charge is 0.306 e. The van der Waals surface area contributed by atoms with Gasteiger partial charge in [-0.2, -0.15) is 0 Å². The number of furan rings is 1. The quantitative estimate of drug-likeness (QED) is 0.132. The average molecular weight is 794 g/mol. The number of allylic oxidation sites excluding steroid dienone is 1. The number of esters is 1. The summed E-state index contributed by atoms with van der Waals surface area (Å²) < 4.78 is 31.5. The summed E-state index contributed by atoms with van der Waals surface area (Å²) in [7, 11) is 3.02. The molecule has 0 amide bonds. The van der Waals surface area contributed by atoms with Crippen LogP contribution in [-0.2, 0) is 20.7 Å². The number of aliphatic hydroxyl groups excluding tert-OH is 4. The average Bonchev–Trinajstić information content (AvgIpc) is 3.62. The molecular weight excluding hydrogens is 739 g/mol. The SMILES string of the molecule is CCOC(=O)CCc1cc2ccoc2c2c1O[C@@H]1O[C@@]3(CSSC[C@@H](CC[C@@H](C)CCC[C@H]3O)NCCO2)[C@]2(O)C[C@@H]3C=C[C@@H](O)[C@@H](CO)[C@H]3[C@@]1(O)[C@H]2O. The van der Waals surface area contributed by atoms with E-state index in [4.69, 9.17) is 23.4 Å². The first-order valence-electron chi connectivity index (χ1n) is 19.4. The summed E-state index contributed by atoms with van der Waals surface area (Å²) in [5.41, 5.74) is -5.58. The summed E-state index contributed by atoms with van der Waals surface area (Å²) in [5.74, 6) is -1.61. The van der Waals surface area contributed by atoms with Gasteiger partial charge in [-0.3, -0.25) is 4.79 Å². The Balaban J connectivity index is 1.44. The van der Waals surface area contributed by atoms with Crippen LogP contribution in [-0.4, -0.2) is 122 Å². The number of hydrogen-bond donors (Lipinski definition) is 7. The molecule has 2 aromatic rings. The minimum Gasteiger partial charge on any atom is -0.485 e. The number of benzene rings is 1. The minimum absolute atomic E-state index is 0.00237. The van der Waals surface area contributed by atoms with E-state index < -0.39 is 71.7 Å². The van der Waals surface area contributed by atoms with Crippen molar-refractivity contribution in [2.24, 2.45) is 23.7 Å². The second-order valence-corrected chi connectivity index (χ2v) is 18.3. The lowest BCUT2D eigenvalue weighted by Gasteiger charge is -2.67. The van der Waals surface area contributed by atoms with Gasteiger partial charge in [-0.05, 0) is 68.6 Å². The first-order chi connectivity index (χ1) is 26.0. The Labute approximate surface area is 323 Å². The molecule has 1 spiro atoms. The third-order valence-electron chi connectivity index (χ3n) is 12.5. The molecule has 2 saturated heterocycles. The molecule has 300 valence electrons. The van der Waals surface area contributed by atoms with E-state index in [1.54, 1.807) is 42.0 Å². The van der Waals surface area contributed by atoms with E-state index in [-0.39, 0.29) is 62.2 Å². The third-order valence-corrected chi connectivity index (χ3v) is 15.0. The molecular formula is C39H55NO12S2. The van der Waals surface area contributed by atoms with Crippen molar-refractivity contribution in [1.29, 1.82) is 0 Å². The molecule has 7 rings (SSSR count). The maximum absolute atomic E-state index is 13.1. The fourth-order valence-electron chi connectivity index (χ4n) is 9.59. The van der Waals surface area contributed by atoms with Crippen molar-refractivity contribution in [2.75, 3.05) is 37.9 Å². The number of ether oxygens (including phenoxy) is 4. The number of rotatable bonds is 5. The van der Waals surface area contributed by atoms with Gasteiger partial charge in [0.2, 0.25) is 12.0 Å². The van der Waals surface area contributed by atoms with Gasteiger partial charge in [0.15, 0.2) is 16.9 Å². The summed E-state index contributed by atoms with van der Waals surface area (Å²) in [5, 5.41) is 77.1.